The summed E-state index contributed by atoms with van der Waals surface area (Å²) in [6.07, 6.45) is 1.94. The normalized spacial score (nSPS) is 16.3. The van der Waals surface area contributed by atoms with Crippen molar-refractivity contribution in [2.45, 2.75) is 20.8 Å². The number of amidine groups is 1. The predicted octanol–water partition coefficient (Wildman–Crippen LogP) is 5.30. The molecule has 0 saturated carbocycles. The van der Waals surface area contributed by atoms with Crippen LogP contribution in [0.3, 0.4) is 0 Å². The van der Waals surface area contributed by atoms with Crippen molar-refractivity contribution in [1.82, 2.24) is 9.88 Å². The van der Waals surface area contributed by atoms with E-state index in [0.29, 0.717) is 10.1 Å². The molecule has 1 amide bonds. The zero-order valence-corrected chi connectivity index (χ0v) is 18.2. The van der Waals surface area contributed by atoms with E-state index in [4.69, 9.17) is 4.74 Å². The molecule has 1 fully saturated rings. The number of carbonyl (C=O) groups excluding carboxylic acids is 1. The van der Waals surface area contributed by atoms with Gasteiger partial charge < -0.3 is 14.6 Å². The van der Waals surface area contributed by atoms with Gasteiger partial charge in [0.1, 0.15) is 5.75 Å². The van der Waals surface area contributed by atoms with Crippen LogP contribution < -0.4 is 10.1 Å². The van der Waals surface area contributed by atoms with Crippen LogP contribution in [0.4, 0.5) is 5.69 Å². The lowest BCUT2D eigenvalue weighted by Crippen LogP contribution is -2.19. The molecule has 6 heteroatoms. The lowest BCUT2D eigenvalue weighted by atomic mass is 10.2. The minimum Gasteiger partial charge on any atom is -0.497 e. The van der Waals surface area contributed by atoms with Gasteiger partial charge in [0.25, 0.3) is 5.91 Å². The van der Waals surface area contributed by atoms with Crippen molar-refractivity contribution in [2.24, 2.45) is 4.99 Å². The highest BCUT2D eigenvalue weighted by molar-refractivity contribution is 8.18. The number of benzene rings is 2. The number of hydrogen-bond donors (Lipinski definition) is 1. The molecular weight excluding hydrogens is 394 g/mol. The second-order valence-electron chi connectivity index (χ2n) is 7.13. The molecule has 0 radical (unpaired) electrons. The van der Waals surface area contributed by atoms with E-state index in [2.05, 4.69) is 53.8 Å². The maximum atomic E-state index is 12.5. The van der Waals surface area contributed by atoms with E-state index in [1.807, 2.05) is 42.5 Å². The van der Waals surface area contributed by atoms with Crippen molar-refractivity contribution in [3.05, 3.63) is 82.0 Å². The molecule has 1 saturated heterocycles. The Bertz CT molecular complexity index is 1170. The number of hydrogen-bond acceptors (Lipinski definition) is 4. The van der Waals surface area contributed by atoms with Crippen LogP contribution in [-0.2, 0) is 4.79 Å². The van der Waals surface area contributed by atoms with Crippen LogP contribution >= 0.6 is 11.8 Å². The molecule has 2 heterocycles. The highest BCUT2D eigenvalue weighted by atomic mass is 32.2. The number of aryl methyl sites for hydroxylation is 2. The molecule has 30 heavy (non-hydrogen) atoms. The summed E-state index contributed by atoms with van der Waals surface area (Å²) < 4.78 is 7.40. The molecule has 1 aliphatic heterocycles. The Labute approximate surface area is 180 Å². The minimum atomic E-state index is -0.132. The van der Waals surface area contributed by atoms with Gasteiger partial charge in [0.05, 0.1) is 17.7 Å². The number of rotatable bonds is 4. The first-order chi connectivity index (χ1) is 14.5. The Kier molecular flexibility index (Phi) is 5.50. The number of ether oxygens (including phenoxy) is 1. The number of thioether (sulfide) groups is 1. The summed E-state index contributed by atoms with van der Waals surface area (Å²) in [5, 5.41) is 3.42. The number of nitrogens with one attached hydrogen (secondary N) is 1. The van der Waals surface area contributed by atoms with Gasteiger partial charge in [0.2, 0.25) is 0 Å². The molecule has 3 aromatic rings. The number of nitrogens with zero attached hydrogens (tertiary/aromatic N) is 2. The quantitative estimate of drug-likeness (QED) is 0.586. The zero-order valence-electron chi connectivity index (χ0n) is 17.4. The second kappa shape index (κ2) is 8.24. The average Bonchev–Trinajstić information content (AvgIpc) is 3.21. The van der Waals surface area contributed by atoms with Crippen molar-refractivity contribution >= 4 is 34.6 Å². The Morgan fingerprint density at radius 3 is 2.50 bits per heavy atom. The van der Waals surface area contributed by atoms with E-state index >= 15 is 0 Å². The average molecular weight is 418 g/mol. The van der Waals surface area contributed by atoms with Crippen molar-refractivity contribution in [2.75, 3.05) is 7.11 Å². The van der Waals surface area contributed by atoms with Gasteiger partial charge in [-0.15, -0.1) is 0 Å². The predicted molar refractivity (Wildman–Crippen MR) is 124 cm³/mol. The van der Waals surface area contributed by atoms with E-state index in [1.165, 1.54) is 17.3 Å². The van der Waals surface area contributed by atoms with Gasteiger partial charge in [0, 0.05) is 17.1 Å². The van der Waals surface area contributed by atoms with Crippen LogP contribution in [0, 0.1) is 20.8 Å². The Morgan fingerprint density at radius 2 is 1.80 bits per heavy atom. The summed E-state index contributed by atoms with van der Waals surface area (Å²) in [6, 6.07) is 17.8. The third-order valence-corrected chi connectivity index (χ3v) is 5.98. The topological polar surface area (TPSA) is 55.6 Å². The van der Waals surface area contributed by atoms with Crippen LogP contribution in [-0.4, -0.2) is 22.8 Å². The Morgan fingerprint density at radius 1 is 1.07 bits per heavy atom. The summed E-state index contributed by atoms with van der Waals surface area (Å²) in [5.41, 5.74) is 6.38. The summed E-state index contributed by atoms with van der Waals surface area (Å²) in [4.78, 5) is 17.7. The molecule has 1 aliphatic rings. The SMILES string of the molecule is COc1ccc(N=C2NC(=O)/C(=C/c3cc(C)n(-c4ccccc4C)c3C)S2)cc1. The molecule has 152 valence electrons. The second-order valence-corrected chi connectivity index (χ2v) is 8.16. The van der Waals surface area contributed by atoms with Crippen molar-refractivity contribution in [3.63, 3.8) is 0 Å². The summed E-state index contributed by atoms with van der Waals surface area (Å²) >= 11 is 1.35. The molecule has 1 N–H and O–H groups in total. The number of carbonyl (C=O) groups is 1. The van der Waals surface area contributed by atoms with Gasteiger partial charge in [0.15, 0.2) is 5.17 Å². The molecule has 2 aromatic carbocycles. The van der Waals surface area contributed by atoms with Crippen LogP contribution in [0.2, 0.25) is 0 Å². The minimum absolute atomic E-state index is 0.132. The molecular formula is C24H23N3O2S. The molecule has 4 rings (SSSR count). The standard InChI is InChI=1S/C24H23N3O2S/c1-15-7-5-6-8-21(15)27-16(2)13-18(17(27)3)14-22-23(28)26-24(30-22)25-19-9-11-20(29-4)12-10-19/h5-14H,1-4H3,(H,25,26,28)/b22-14-. The lowest BCUT2D eigenvalue weighted by molar-refractivity contribution is -0.115. The zero-order chi connectivity index (χ0) is 21.3. The maximum absolute atomic E-state index is 12.5. The summed E-state index contributed by atoms with van der Waals surface area (Å²) in [6.45, 7) is 6.27. The van der Waals surface area contributed by atoms with Gasteiger partial charge in [-0.25, -0.2) is 4.99 Å². The highest BCUT2D eigenvalue weighted by Crippen LogP contribution is 2.31. The number of amides is 1. The van der Waals surface area contributed by atoms with Gasteiger partial charge in [-0.05, 0) is 86.1 Å². The first kappa shape index (κ1) is 20.0. The molecule has 0 atom stereocenters. The fraction of sp³-hybridized carbons (Fsp3) is 0.167. The first-order valence-electron chi connectivity index (χ1n) is 9.65. The third-order valence-electron chi connectivity index (χ3n) is 5.07. The molecule has 0 aliphatic carbocycles. The summed E-state index contributed by atoms with van der Waals surface area (Å²) in [7, 11) is 1.63. The van der Waals surface area contributed by atoms with Gasteiger partial charge in [-0.2, -0.15) is 0 Å². The summed E-state index contributed by atoms with van der Waals surface area (Å²) in [5.74, 6) is 0.639. The van der Waals surface area contributed by atoms with Gasteiger partial charge in [-0.1, -0.05) is 18.2 Å². The number of aromatic nitrogens is 1. The lowest BCUT2D eigenvalue weighted by Gasteiger charge is -2.12. The van der Waals surface area contributed by atoms with Crippen LogP contribution in [0.5, 0.6) is 5.75 Å². The Balaban J connectivity index is 1.62. The van der Waals surface area contributed by atoms with E-state index in [0.717, 1.165) is 34.1 Å². The van der Waals surface area contributed by atoms with Crippen molar-refractivity contribution < 1.29 is 9.53 Å². The fourth-order valence-electron chi connectivity index (χ4n) is 3.51. The smallest absolute Gasteiger partial charge is 0.264 e. The number of aliphatic imine (C=N–C) groups is 1. The molecule has 0 unspecified atom stereocenters. The van der Waals surface area contributed by atoms with Crippen molar-refractivity contribution in [3.8, 4) is 11.4 Å². The molecule has 0 spiro atoms. The van der Waals surface area contributed by atoms with Crippen molar-refractivity contribution in [1.29, 1.82) is 0 Å². The van der Waals surface area contributed by atoms with Gasteiger partial charge >= 0.3 is 0 Å². The molecule has 0 bridgehead atoms. The highest BCUT2D eigenvalue weighted by Gasteiger charge is 2.24. The molecule has 5 nitrogen and oxygen atoms in total. The van der Waals surface area contributed by atoms with E-state index < -0.39 is 0 Å². The third kappa shape index (κ3) is 3.91. The van der Waals surface area contributed by atoms with Crippen LogP contribution in [0.1, 0.15) is 22.5 Å². The number of para-hydroxylation sites is 1. The van der Waals surface area contributed by atoms with E-state index in [1.54, 1.807) is 7.11 Å². The maximum Gasteiger partial charge on any atom is 0.264 e. The van der Waals surface area contributed by atoms with E-state index in [-0.39, 0.29) is 5.91 Å². The van der Waals surface area contributed by atoms with E-state index in [9.17, 15) is 4.79 Å². The monoisotopic (exact) mass is 417 g/mol. The van der Waals surface area contributed by atoms with Gasteiger partial charge in [-0.3, -0.25) is 4.79 Å². The fourth-order valence-corrected chi connectivity index (χ4v) is 4.35. The largest absolute Gasteiger partial charge is 0.497 e. The first-order valence-corrected chi connectivity index (χ1v) is 10.5. The van der Waals surface area contributed by atoms with Crippen LogP contribution in [0.15, 0.2) is 64.5 Å². The molecule has 1 aromatic heterocycles. The van der Waals surface area contributed by atoms with Crippen LogP contribution in [0.25, 0.3) is 11.8 Å². The number of methoxy groups -OCH3 is 1. The Hall–Kier alpha value is -3.25.